The molecule has 3 amide bonds. The third kappa shape index (κ3) is 4.00. The highest BCUT2D eigenvalue weighted by molar-refractivity contribution is 9.10. The number of anilines is 1. The minimum Gasteiger partial charge on any atom is -0.494 e. The van der Waals surface area contributed by atoms with Gasteiger partial charge in [-0.25, -0.2) is 14.7 Å². The number of benzene rings is 3. The Hall–Kier alpha value is -3.56. The fourth-order valence-electron chi connectivity index (χ4n) is 4.63. The topological polar surface area (TPSA) is 79.0 Å². The summed E-state index contributed by atoms with van der Waals surface area (Å²) in [5.74, 6) is -2.47. The summed E-state index contributed by atoms with van der Waals surface area (Å²) in [6.07, 6.45) is 0. The van der Waals surface area contributed by atoms with Crippen molar-refractivity contribution in [2.24, 2.45) is 5.92 Å². The molecule has 0 bridgehead atoms. The lowest BCUT2D eigenvalue weighted by molar-refractivity contribution is -0.123. The van der Waals surface area contributed by atoms with Gasteiger partial charge in [0.2, 0.25) is 5.91 Å². The molecule has 0 aromatic heterocycles. The first kappa shape index (κ1) is 23.2. The highest BCUT2D eigenvalue weighted by Crippen LogP contribution is 2.43. The molecule has 0 aliphatic carbocycles. The molecule has 2 aliphatic heterocycles. The van der Waals surface area contributed by atoms with Crippen molar-refractivity contribution in [3.63, 3.8) is 0 Å². The largest absolute Gasteiger partial charge is 0.494 e. The van der Waals surface area contributed by atoms with E-state index in [0.29, 0.717) is 28.1 Å². The lowest BCUT2D eigenvalue weighted by atomic mass is 9.90. The van der Waals surface area contributed by atoms with Crippen LogP contribution < -0.4 is 15.1 Å². The molecular weight excluding hydrogens is 517 g/mol. The summed E-state index contributed by atoms with van der Waals surface area (Å²) in [4.78, 5) is 41.8. The molecule has 2 fully saturated rings. The van der Waals surface area contributed by atoms with Gasteiger partial charge in [0.15, 0.2) is 0 Å². The van der Waals surface area contributed by atoms with E-state index in [2.05, 4.69) is 21.4 Å². The van der Waals surface area contributed by atoms with Crippen LogP contribution in [0.2, 0.25) is 0 Å². The quantitative estimate of drug-likeness (QED) is 0.492. The maximum atomic E-state index is 14.8. The van der Waals surface area contributed by atoms with Crippen molar-refractivity contribution in [3.05, 3.63) is 94.2 Å². The Bertz CT molecular complexity index is 1320. The predicted molar refractivity (Wildman–Crippen MR) is 130 cm³/mol. The van der Waals surface area contributed by atoms with Crippen LogP contribution in [-0.2, 0) is 9.59 Å². The van der Waals surface area contributed by atoms with Gasteiger partial charge in [-0.1, -0.05) is 40.2 Å². The normalized spacial score (nSPS) is 21.4. The lowest BCUT2D eigenvalue weighted by Gasteiger charge is -2.25. The van der Waals surface area contributed by atoms with Crippen molar-refractivity contribution in [2.75, 3.05) is 11.5 Å². The van der Waals surface area contributed by atoms with Gasteiger partial charge in [-0.05, 0) is 55.5 Å². The molecule has 0 saturated carbocycles. The average molecular weight is 538 g/mol. The van der Waals surface area contributed by atoms with Crippen molar-refractivity contribution in [1.82, 2.24) is 10.4 Å². The second kappa shape index (κ2) is 9.24. The van der Waals surface area contributed by atoms with Crippen LogP contribution >= 0.6 is 15.9 Å². The van der Waals surface area contributed by atoms with Crippen molar-refractivity contribution in [1.29, 1.82) is 0 Å². The lowest BCUT2D eigenvalue weighted by Crippen LogP contribution is -2.48. The summed E-state index contributed by atoms with van der Waals surface area (Å²) >= 11 is 3.35. The van der Waals surface area contributed by atoms with Crippen molar-refractivity contribution in [3.8, 4) is 5.75 Å². The minimum absolute atomic E-state index is 0.210. The number of hydrazine groups is 1. The average Bonchev–Trinajstić information content (AvgIpc) is 3.36. The van der Waals surface area contributed by atoms with Gasteiger partial charge in [-0.15, -0.1) is 0 Å². The highest BCUT2D eigenvalue weighted by Gasteiger charge is 2.60. The van der Waals surface area contributed by atoms with Gasteiger partial charge in [0.05, 0.1) is 24.3 Å². The molecule has 2 heterocycles. The van der Waals surface area contributed by atoms with Crippen molar-refractivity contribution in [2.45, 2.75) is 19.0 Å². The first-order valence-electron chi connectivity index (χ1n) is 11.1. The zero-order valence-corrected chi connectivity index (χ0v) is 20.2. The summed E-state index contributed by atoms with van der Waals surface area (Å²) < 4.78 is 20.9. The zero-order valence-electron chi connectivity index (χ0n) is 18.7. The smallest absolute Gasteiger partial charge is 0.268 e. The third-order valence-electron chi connectivity index (χ3n) is 6.17. The number of ether oxygens (including phenoxy) is 1. The van der Waals surface area contributed by atoms with Crippen LogP contribution in [0, 0.1) is 11.7 Å². The summed E-state index contributed by atoms with van der Waals surface area (Å²) in [6, 6.07) is 17.3. The number of hydrogen-bond donors (Lipinski definition) is 1. The Balaban J connectivity index is 1.56. The van der Waals surface area contributed by atoms with Crippen LogP contribution in [0.3, 0.4) is 0 Å². The minimum atomic E-state index is -1.13. The zero-order chi connectivity index (χ0) is 24.7. The molecule has 178 valence electrons. The van der Waals surface area contributed by atoms with E-state index < -0.39 is 41.5 Å². The fourth-order valence-corrected chi connectivity index (χ4v) is 5.03. The SMILES string of the molecule is CCOc1ccc(N2C(=O)[C@@H]3[C@H](c4ccccc4F)NN(C(=O)c4cccc(Br)c4)[C@H]3C2=O)cc1. The molecule has 1 N–H and O–H groups in total. The number of halogens is 2. The summed E-state index contributed by atoms with van der Waals surface area (Å²) in [7, 11) is 0. The van der Waals surface area contributed by atoms with Gasteiger partial charge in [-0.3, -0.25) is 19.4 Å². The number of carbonyl (C=O) groups is 3. The molecule has 0 spiro atoms. The predicted octanol–water partition coefficient (Wildman–Crippen LogP) is 4.25. The first-order valence-corrected chi connectivity index (χ1v) is 11.9. The Morgan fingerprint density at radius 2 is 1.77 bits per heavy atom. The first-order chi connectivity index (χ1) is 16.9. The maximum absolute atomic E-state index is 14.8. The van der Waals surface area contributed by atoms with E-state index in [9.17, 15) is 18.8 Å². The van der Waals surface area contributed by atoms with Gasteiger partial charge in [0.25, 0.3) is 11.8 Å². The van der Waals surface area contributed by atoms with Crippen molar-refractivity contribution >= 4 is 39.3 Å². The monoisotopic (exact) mass is 537 g/mol. The second-order valence-electron chi connectivity index (χ2n) is 8.22. The van der Waals surface area contributed by atoms with E-state index in [1.165, 1.54) is 11.1 Å². The number of amides is 3. The Morgan fingerprint density at radius 3 is 2.46 bits per heavy atom. The number of nitrogens with one attached hydrogen (secondary N) is 1. The van der Waals surface area contributed by atoms with Crippen LogP contribution in [0.4, 0.5) is 10.1 Å². The van der Waals surface area contributed by atoms with Gasteiger partial charge >= 0.3 is 0 Å². The highest BCUT2D eigenvalue weighted by atomic mass is 79.9. The standard InChI is InChI=1S/C26H21BrFN3O4/c1-2-35-18-12-10-17(11-13-18)30-25(33)21-22(19-8-3-4-9-20(19)28)29-31(23(21)26(30)34)24(32)15-6-5-7-16(27)14-15/h3-14,21-23,29H,2H2,1H3/t21-,22+,23-/m1/s1. The summed E-state index contributed by atoms with van der Waals surface area (Å²) in [5.41, 5.74) is 3.86. The molecule has 3 aromatic rings. The Kier molecular flexibility index (Phi) is 6.12. The van der Waals surface area contributed by atoms with Crippen LogP contribution in [0.25, 0.3) is 0 Å². The summed E-state index contributed by atoms with van der Waals surface area (Å²) in [5, 5.41) is 1.17. The molecular formula is C26H21BrFN3O4. The third-order valence-corrected chi connectivity index (χ3v) is 6.66. The van der Waals surface area contributed by atoms with E-state index in [4.69, 9.17) is 4.74 Å². The molecule has 0 unspecified atom stereocenters. The number of hydrogen-bond acceptors (Lipinski definition) is 5. The molecule has 3 atom stereocenters. The number of imide groups is 1. The fraction of sp³-hybridized carbons (Fsp3) is 0.192. The summed E-state index contributed by atoms with van der Waals surface area (Å²) in [6.45, 7) is 2.34. The number of nitrogens with zero attached hydrogens (tertiary/aromatic N) is 2. The molecule has 35 heavy (non-hydrogen) atoms. The molecule has 7 nitrogen and oxygen atoms in total. The number of carbonyl (C=O) groups excluding carboxylic acids is 3. The number of rotatable bonds is 5. The molecule has 5 rings (SSSR count). The molecule has 0 radical (unpaired) electrons. The Morgan fingerprint density at radius 1 is 1.03 bits per heavy atom. The van der Waals surface area contributed by atoms with Gasteiger partial charge in [-0.2, -0.15) is 0 Å². The molecule has 2 saturated heterocycles. The van der Waals surface area contributed by atoms with Crippen molar-refractivity contribution < 1.29 is 23.5 Å². The number of fused-ring (bicyclic) bond motifs is 1. The molecule has 3 aromatic carbocycles. The van der Waals surface area contributed by atoms with Crippen LogP contribution in [-0.4, -0.2) is 35.4 Å². The van der Waals surface area contributed by atoms with E-state index in [-0.39, 0.29) is 5.56 Å². The van der Waals surface area contributed by atoms with Gasteiger partial charge in [0.1, 0.15) is 17.6 Å². The van der Waals surface area contributed by atoms with E-state index >= 15 is 0 Å². The maximum Gasteiger partial charge on any atom is 0.268 e. The van der Waals surface area contributed by atoms with E-state index in [0.717, 1.165) is 4.90 Å². The molecule has 2 aliphatic rings. The molecule has 9 heteroatoms. The van der Waals surface area contributed by atoms with E-state index in [1.54, 1.807) is 66.7 Å². The van der Waals surface area contributed by atoms with Crippen LogP contribution in [0.1, 0.15) is 28.9 Å². The Labute approximate surface area is 209 Å². The van der Waals surface area contributed by atoms with Crippen LogP contribution in [0.15, 0.2) is 77.3 Å². The van der Waals surface area contributed by atoms with Gasteiger partial charge in [0, 0.05) is 15.6 Å². The van der Waals surface area contributed by atoms with Crippen LogP contribution in [0.5, 0.6) is 5.75 Å². The van der Waals surface area contributed by atoms with E-state index in [1.807, 2.05) is 6.92 Å². The van der Waals surface area contributed by atoms with Gasteiger partial charge < -0.3 is 4.74 Å². The second-order valence-corrected chi connectivity index (χ2v) is 9.14.